The summed E-state index contributed by atoms with van der Waals surface area (Å²) in [6.45, 7) is 3.29. The van der Waals surface area contributed by atoms with Gasteiger partial charge >= 0.3 is 0 Å². The third-order valence-electron chi connectivity index (χ3n) is 5.49. The van der Waals surface area contributed by atoms with E-state index in [4.69, 9.17) is 4.74 Å². The molecule has 7 nitrogen and oxygen atoms in total. The van der Waals surface area contributed by atoms with Crippen molar-refractivity contribution >= 4 is 38.6 Å². The zero-order valence-corrected chi connectivity index (χ0v) is 18.5. The standard InChI is InChI=1S/C21H27N3O4S2/c25-21(14-17-6-13-29-16-17)22-19-15-18(30(26,27)24-9-11-28-12-10-24)4-5-20(19)23-7-2-1-3-8-23/h4-6,13,15-16H,1-3,7-12,14H2,(H,22,25). The fourth-order valence-electron chi connectivity index (χ4n) is 3.90. The van der Waals surface area contributed by atoms with Crippen LogP contribution in [0.2, 0.25) is 0 Å². The first-order valence-corrected chi connectivity index (χ1v) is 12.7. The second-order valence-corrected chi connectivity index (χ2v) is 10.3. The third kappa shape index (κ3) is 4.85. The van der Waals surface area contributed by atoms with Crippen molar-refractivity contribution in [1.29, 1.82) is 0 Å². The van der Waals surface area contributed by atoms with Crippen molar-refractivity contribution in [3.63, 3.8) is 0 Å². The second-order valence-electron chi connectivity index (χ2n) is 7.60. The molecule has 1 aromatic heterocycles. The number of anilines is 2. The van der Waals surface area contributed by atoms with E-state index in [9.17, 15) is 13.2 Å². The topological polar surface area (TPSA) is 79.0 Å². The summed E-state index contributed by atoms with van der Waals surface area (Å²) in [5, 5.41) is 6.87. The highest BCUT2D eigenvalue weighted by atomic mass is 32.2. The Morgan fingerprint density at radius 2 is 1.83 bits per heavy atom. The minimum Gasteiger partial charge on any atom is -0.379 e. The summed E-state index contributed by atoms with van der Waals surface area (Å²) >= 11 is 1.55. The number of benzene rings is 1. The Hall–Kier alpha value is -1.94. The Morgan fingerprint density at radius 1 is 1.07 bits per heavy atom. The van der Waals surface area contributed by atoms with Crippen LogP contribution in [0, 0.1) is 0 Å². The Bertz CT molecular complexity index is 964. The SMILES string of the molecule is O=C(Cc1ccsc1)Nc1cc(S(=O)(=O)N2CCOCC2)ccc1N1CCCCC1. The van der Waals surface area contributed by atoms with Gasteiger partial charge < -0.3 is 15.0 Å². The highest BCUT2D eigenvalue weighted by Gasteiger charge is 2.28. The highest BCUT2D eigenvalue weighted by molar-refractivity contribution is 7.89. The minimum atomic E-state index is -3.63. The van der Waals surface area contributed by atoms with Crippen molar-refractivity contribution in [3.8, 4) is 0 Å². The van der Waals surface area contributed by atoms with E-state index < -0.39 is 10.0 Å². The van der Waals surface area contributed by atoms with E-state index in [1.54, 1.807) is 23.5 Å². The molecule has 2 aliphatic rings. The molecular weight excluding hydrogens is 422 g/mol. The van der Waals surface area contributed by atoms with Gasteiger partial charge in [-0.25, -0.2) is 8.42 Å². The lowest BCUT2D eigenvalue weighted by molar-refractivity contribution is -0.115. The van der Waals surface area contributed by atoms with Gasteiger partial charge in [0.2, 0.25) is 15.9 Å². The molecule has 2 saturated heterocycles. The van der Waals surface area contributed by atoms with Gasteiger partial charge in [-0.05, 0) is 59.9 Å². The molecular formula is C21H27N3O4S2. The molecule has 2 aliphatic heterocycles. The van der Waals surface area contributed by atoms with E-state index in [1.165, 1.54) is 10.7 Å². The van der Waals surface area contributed by atoms with Gasteiger partial charge in [0.15, 0.2) is 0 Å². The fraction of sp³-hybridized carbons (Fsp3) is 0.476. The average Bonchev–Trinajstić information content (AvgIpc) is 3.28. The van der Waals surface area contributed by atoms with E-state index in [0.717, 1.165) is 37.2 Å². The number of sulfonamides is 1. The molecule has 9 heteroatoms. The monoisotopic (exact) mass is 449 g/mol. The van der Waals surface area contributed by atoms with Gasteiger partial charge in [-0.15, -0.1) is 0 Å². The number of nitrogens with zero attached hydrogens (tertiary/aromatic N) is 2. The quantitative estimate of drug-likeness (QED) is 0.734. The van der Waals surface area contributed by atoms with Gasteiger partial charge in [-0.3, -0.25) is 4.79 Å². The number of carbonyl (C=O) groups excluding carboxylic acids is 1. The molecule has 0 saturated carbocycles. The molecule has 162 valence electrons. The van der Waals surface area contributed by atoms with E-state index in [2.05, 4.69) is 10.2 Å². The van der Waals surface area contributed by atoms with Crippen molar-refractivity contribution in [1.82, 2.24) is 4.31 Å². The van der Waals surface area contributed by atoms with Crippen LogP contribution in [-0.2, 0) is 26.0 Å². The van der Waals surface area contributed by atoms with Crippen LogP contribution in [0.4, 0.5) is 11.4 Å². The van der Waals surface area contributed by atoms with Gasteiger partial charge in [0.05, 0.1) is 35.9 Å². The van der Waals surface area contributed by atoms with Crippen LogP contribution in [0.15, 0.2) is 39.9 Å². The molecule has 1 N–H and O–H groups in total. The zero-order chi connectivity index (χ0) is 21.0. The third-order valence-corrected chi connectivity index (χ3v) is 8.12. The van der Waals surface area contributed by atoms with E-state index >= 15 is 0 Å². The number of hydrogen-bond donors (Lipinski definition) is 1. The molecule has 0 unspecified atom stereocenters. The van der Waals surface area contributed by atoms with Crippen LogP contribution in [0.1, 0.15) is 24.8 Å². The number of nitrogens with one attached hydrogen (secondary N) is 1. The highest BCUT2D eigenvalue weighted by Crippen LogP contribution is 2.32. The molecule has 30 heavy (non-hydrogen) atoms. The molecule has 0 aliphatic carbocycles. The second kappa shape index (κ2) is 9.47. The predicted octanol–water partition coefficient (Wildman–Crippen LogP) is 2.94. The maximum Gasteiger partial charge on any atom is 0.243 e. The normalized spacial score (nSPS) is 18.3. The smallest absolute Gasteiger partial charge is 0.243 e. The van der Waals surface area contributed by atoms with Crippen molar-refractivity contribution in [2.75, 3.05) is 49.6 Å². The number of amides is 1. The van der Waals surface area contributed by atoms with Crippen molar-refractivity contribution < 1.29 is 17.9 Å². The lowest BCUT2D eigenvalue weighted by Crippen LogP contribution is -2.40. The maximum absolute atomic E-state index is 13.1. The Balaban J connectivity index is 1.62. The van der Waals surface area contributed by atoms with Crippen LogP contribution < -0.4 is 10.2 Å². The summed E-state index contributed by atoms with van der Waals surface area (Å²) in [7, 11) is -3.63. The average molecular weight is 450 g/mol. The number of piperidine rings is 1. The van der Waals surface area contributed by atoms with Crippen molar-refractivity contribution in [3.05, 3.63) is 40.6 Å². The lowest BCUT2D eigenvalue weighted by atomic mass is 10.1. The van der Waals surface area contributed by atoms with E-state index in [0.29, 0.717) is 32.0 Å². The molecule has 3 heterocycles. The number of carbonyl (C=O) groups is 1. The Kier molecular flexibility index (Phi) is 6.72. The fourth-order valence-corrected chi connectivity index (χ4v) is 6.00. The lowest BCUT2D eigenvalue weighted by Gasteiger charge is -2.31. The van der Waals surface area contributed by atoms with Crippen molar-refractivity contribution in [2.45, 2.75) is 30.6 Å². The maximum atomic E-state index is 13.1. The molecule has 0 atom stereocenters. The van der Waals surface area contributed by atoms with Gasteiger partial charge in [-0.1, -0.05) is 0 Å². The van der Waals surface area contributed by atoms with Crippen LogP contribution >= 0.6 is 11.3 Å². The number of morpholine rings is 1. The zero-order valence-electron chi connectivity index (χ0n) is 16.9. The summed E-state index contributed by atoms with van der Waals surface area (Å²) < 4.78 is 33.0. The summed E-state index contributed by atoms with van der Waals surface area (Å²) in [5.74, 6) is -0.146. The summed E-state index contributed by atoms with van der Waals surface area (Å²) in [4.78, 5) is 15.1. The first-order chi connectivity index (χ1) is 14.5. The Labute approximate surface area is 181 Å². The minimum absolute atomic E-state index is 0.146. The molecule has 0 radical (unpaired) electrons. The number of hydrogen-bond acceptors (Lipinski definition) is 6. The molecule has 2 aromatic rings. The molecule has 0 spiro atoms. The van der Waals surface area contributed by atoms with E-state index in [1.807, 2.05) is 22.9 Å². The van der Waals surface area contributed by atoms with Gasteiger partial charge in [0.1, 0.15) is 0 Å². The molecule has 0 bridgehead atoms. The molecule has 2 fully saturated rings. The molecule has 1 aromatic carbocycles. The van der Waals surface area contributed by atoms with Gasteiger partial charge in [0, 0.05) is 26.2 Å². The van der Waals surface area contributed by atoms with Crippen LogP contribution in [0.5, 0.6) is 0 Å². The molecule has 4 rings (SSSR count). The van der Waals surface area contributed by atoms with Gasteiger partial charge in [0.25, 0.3) is 0 Å². The summed E-state index contributed by atoms with van der Waals surface area (Å²) in [5.41, 5.74) is 2.40. The first-order valence-electron chi connectivity index (χ1n) is 10.3. The Morgan fingerprint density at radius 3 is 2.53 bits per heavy atom. The van der Waals surface area contributed by atoms with E-state index in [-0.39, 0.29) is 17.2 Å². The summed E-state index contributed by atoms with van der Waals surface area (Å²) in [6, 6.07) is 7.03. The van der Waals surface area contributed by atoms with Crippen LogP contribution in [0.25, 0.3) is 0 Å². The van der Waals surface area contributed by atoms with Gasteiger partial charge in [-0.2, -0.15) is 15.6 Å². The predicted molar refractivity (Wildman–Crippen MR) is 119 cm³/mol. The van der Waals surface area contributed by atoms with Crippen LogP contribution in [0.3, 0.4) is 0 Å². The number of thiophene rings is 1. The van der Waals surface area contributed by atoms with Crippen molar-refractivity contribution in [2.24, 2.45) is 0 Å². The number of ether oxygens (including phenoxy) is 1. The summed E-state index contributed by atoms with van der Waals surface area (Å²) in [6.07, 6.45) is 3.65. The largest absolute Gasteiger partial charge is 0.379 e. The number of rotatable bonds is 6. The first kappa shape index (κ1) is 21.3. The van der Waals surface area contributed by atoms with Crippen LogP contribution in [-0.4, -0.2) is 58.0 Å². The molecule has 1 amide bonds.